The summed E-state index contributed by atoms with van der Waals surface area (Å²) in [6, 6.07) is 16.1. The van der Waals surface area contributed by atoms with E-state index in [0.717, 1.165) is 22.3 Å². The number of nitrogens with one attached hydrogen (secondary N) is 1. The van der Waals surface area contributed by atoms with Crippen molar-refractivity contribution in [3.05, 3.63) is 59.7 Å². The molecule has 1 atom stereocenters. The van der Waals surface area contributed by atoms with Gasteiger partial charge >= 0.3 is 12.1 Å². The van der Waals surface area contributed by atoms with Gasteiger partial charge in [-0.05, 0) is 35.1 Å². The number of ether oxygens (including phenoxy) is 2. The summed E-state index contributed by atoms with van der Waals surface area (Å²) in [5.41, 5.74) is 1.95. The van der Waals surface area contributed by atoms with Gasteiger partial charge in [0.25, 0.3) is 0 Å². The number of carboxylic acid groups (broad SMARTS) is 1. The zero-order valence-electron chi connectivity index (χ0n) is 18.4. The van der Waals surface area contributed by atoms with Gasteiger partial charge in [-0.1, -0.05) is 48.5 Å². The minimum Gasteiger partial charge on any atom is -0.479 e. The topological polar surface area (TPSA) is 105 Å². The van der Waals surface area contributed by atoms with Crippen LogP contribution in [0.25, 0.3) is 11.1 Å². The molecule has 2 aromatic rings. The number of rotatable bonds is 6. The lowest BCUT2D eigenvalue weighted by atomic mass is 9.95. The molecule has 8 heteroatoms. The monoisotopic (exact) mass is 450 g/mol. The Hall–Kier alpha value is -3.39. The second-order valence-electron chi connectivity index (χ2n) is 9.04. The Bertz CT molecular complexity index is 1070. The normalized spacial score (nSPS) is 22.2. The Kier molecular flexibility index (Phi) is 5.12. The molecule has 1 heterocycles. The van der Waals surface area contributed by atoms with Crippen LogP contribution in [0.5, 0.6) is 0 Å². The molecular formula is C25H26N2O6. The summed E-state index contributed by atoms with van der Waals surface area (Å²) >= 11 is 0. The third-order valence-electron chi connectivity index (χ3n) is 7.19. The Labute approximate surface area is 191 Å². The maximum Gasteiger partial charge on any atom is 0.408 e. The lowest BCUT2D eigenvalue weighted by Gasteiger charge is -2.36. The third kappa shape index (κ3) is 3.45. The predicted molar refractivity (Wildman–Crippen MR) is 119 cm³/mol. The number of likely N-dealkylation sites (N-methyl/N-ethyl adjacent to an activating group) is 1. The molecule has 33 heavy (non-hydrogen) atoms. The molecule has 0 radical (unpaired) electrons. The zero-order valence-corrected chi connectivity index (χ0v) is 18.4. The number of carbonyl (C=O) groups is 3. The summed E-state index contributed by atoms with van der Waals surface area (Å²) in [6.45, 7) is 0.356. The van der Waals surface area contributed by atoms with Gasteiger partial charge in [-0.3, -0.25) is 4.79 Å². The van der Waals surface area contributed by atoms with Crippen LogP contribution in [-0.2, 0) is 19.1 Å². The highest BCUT2D eigenvalue weighted by atomic mass is 16.5. The van der Waals surface area contributed by atoms with Crippen molar-refractivity contribution in [3.63, 3.8) is 0 Å². The second-order valence-corrected chi connectivity index (χ2v) is 9.04. The molecule has 8 nitrogen and oxygen atoms in total. The van der Waals surface area contributed by atoms with Gasteiger partial charge in [0.05, 0.1) is 6.61 Å². The Morgan fingerprint density at radius 1 is 1.06 bits per heavy atom. The molecule has 2 amide bonds. The first kappa shape index (κ1) is 21.5. The van der Waals surface area contributed by atoms with Crippen molar-refractivity contribution in [3.8, 4) is 11.1 Å². The highest BCUT2D eigenvalue weighted by Crippen LogP contribution is 2.45. The predicted octanol–water partition coefficient (Wildman–Crippen LogP) is 2.76. The van der Waals surface area contributed by atoms with E-state index in [-0.39, 0.29) is 32.2 Å². The zero-order chi connectivity index (χ0) is 23.2. The van der Waals surface area contributed by atoms with Gasteiger partial charge in [-0.15, -0.1) is 0 Å². The summed E-state index contributed by atoms with van der Waals surface area (Å²) in [5, 5.41) is 12.4. The minimum atomic E-state index is -1.41. The van der Waals surface area contributed by atoms with Gasteiger partial charge in [0, 0.05) is 26.0 Å². The summed E-state index contributed by atoms with van der Waals surface area (Å²) in [6.07, 6.45) is 0.419. The largest absolute Gasteiger partial charge is 0.479 e. The van der Waals surface area contributed by atoms with Crippen LogP contribution in [0.3, 0.4) is 0 Å². The maximum absolute atomic E-state index is 13.2. The molecular weight excluding hydrogens is 424 g/mol. The van der Waals surface area contributed by atoms with Crippen LogP contribution in [0.1, 0.15) is 36.3 Å². The van der Waals surface area contributed by atoms with Crippen molar-refractivity contribution in [1.82, 2.24) is 10.2 Å². The van der Waals surface area contributed by atoms with E-state index in [1.165, 1.54) is 11.9 Å². The highest BCUT2D eigenvalue weighted by Gasteiger charge is 2.58. The lowest BCUT2D eigenvalue weighted by molar-refractivity contribution is -0.159. The molecule has 1 aliphatic heterocycles. The summed E-state index contributed by atoms with van der Waals surface area (Å²) in [7, 11) is 1.46. The average molecular weight is 450 g/mol. The van der Waals surface area contributed by atoms with Crippen LogP contribution in [0.15, 0.2) is 48.5 Å². The van der Waals surface area contributed by atoms with E-state index in [1.54, 1.807) is 0 Å². The molecule has 2 N–H and O–H groups in total. The lowest BCUT2D eigenvalue weighted by Crippen LogP contribution is -2.61. The van der Waals surface area contributed by atoms with Crippen molar-refractivity contribution < 1.29 is 29.0 Å². The first-order valence-electron chi connectivity index (χ1n) is 11.1. The van der Waals surface area contributed by atoms with Crippen LogP contribution in [0, 0.1) is 0 Å². The van der Waals surface area contributed by atoms with Gasteiger partial charge in [-0.2, -0.15) is 0 Å². The van der Waals surface area contributed by atoms with E-state index in [1.807, 2.05) is 36.4 Å². The van der Waals surface area contributed by atoms with Crippen LogP contribution >= 0.6 is 0 Å². The Balaban J connectivity index is 1.26. The van der Waals surface area contributed by atoms with Gasteiger partial charge in [0.15, 0.2) is 5.54 Å². The van der Waals surface area contributed by atoms with E-state index >= 15 is 0 Å². The minimum absolute atomic E-state index is 0.0639. The Morgan fingerprint density at radius 2 is 1.67 bits per heavy atom. The van der Waals surface area contributed by atoms with Gasteiger partial charge in [0.2, 0.25) is 5.91 Å². The molecule has 1 saturated carbocycles. The van der Waals surface area contributed by atoms with Crippen molar-refractivity contribution in [2.45, 2.75) is 36.3 Å². The number of aliphatic carboxylic acids is 1. The first-order valence-corrected chi connectivity index (χ1v) is 11.1. The molecule has 2 aromatic carbocycles. The summed E-state index contributed by atoms with van der Waals surface area (Å²) < 4.78 is 10.9. The van der Waals surface area contributed by atoms with Crippen molar-refractivity contribution in [1.29, 1.82) is 0 Å². The number of nitrogens with zero attached hydrogens (tertiary/aromatic N) is 1. The van der Waals surface area contributed by atoms with Crippen LogP contribution in [0.4, 0.5) is 4.79 Å². The van der Waals surface area contributed by atoms with Gasteiger partial charge in [0.1, 0.15) is 12.1 Å². The molecule has 0 spiro atoms. The Morgan fingerprint density at radius 3 is 2.18 bits per heavy atom. The van der Waals surface area contributed by atoms with Crippen molar-refractivity contribution >= 4 is 18.0 Å². The molecule has 0 bridgehead atoms. The van der Waals surface area contributed by atoms with Crippen molar-refractivity contribution in [2.24, 2.45) is 0 Å². The number of hydrogen-bond donors (Lipinski definition) is 2. The van der Waals surface area contributed by atoms with E-state index in [0.29, 0.717) is 12.8 Å². The number of benzene rings is 2. The van der Waals surface area contributed by atoms with Crippen LogP contribution in [-0.4, -0.2) is 65.9 Å². The maximum atomic E-state index is 13.2. The summed E-state index contributed by atoms with van der Waals surface area (Å²) in [5.74, 6) is -1.61. The smallest absolute Gasteiger partial charge is 0.408 e. The van der Waals surface area contributed by atoms with Crippen LogP contribution < -0.4 is 5.32 Å². The number of amides is 2. The van der Waals surface area contributed by atoms with Crippen LogP contribution in [0.2, 0.25) is 0 Å². The van der Waals surface area contributed by atoms with E-state index in [2.05, 4.69) is 17.4 Å². The van der Waals surface area contributed by atoms with Crippen molar-refractivity contribution in [2.75, 3.05) is 26.9 Å². The quantitative estimate of drug-likeness (QED) is 0.701. The number of hydrogen-bond acceptors (Lipinski definition) is 5. The molecule has 2 fully saturated rings. The molecule has 1 unspecified atom stereocenters. The first-order chi connectivity index (χ1) is 15.9. The standard InChI is InChI=1S/C25H26N2O6/c1-27(25(22(29)30)12-13-32-15-25)21(28)24(10-11-24)26-23(31)33-14-20-18-8-4-2-6-16(18)17-7-3-5-9-19(17)20/h2-9,20H,10-15H2,1H3,(H,26,31)(H,29,30). The molecule has 0 aromatic heterocycles. The van der Waals surface area contributed by atoms with E-state index in [9.17, 15) is 19.5 Å². The molecule has 172 valence electrons. The third-order valence-corrected chi connectivity index (χ3v) is 7.19. The van der Waals surface area contributed by atoms with E-state index in [4.69, 9.17) is 9.47 Å². The average Bonchev–Trinajstić information content (AvgIpc) is 3.29. The molecule has 5 rings (SSSR count). The second kappa shape index (κ2) is 7.88. The number of carboxylic acids is 1. The fraction of sp³-hybridized carbons (Fsp3) is 0.400. The molecule has 1 saturated heterocycles. The number of alkyl carbamates (subject to hydrolysis) is 1. The summed E-state index contributed by atoms with van der Waals surface area (Å²) in [4.78, 5) is 39.0. The SMILES string of the molecule is CN(C(=O)C1(NC(=O)OCC2c3ccccc3-c3ccccc32)CC1)C1(C(=O)O)CCOC1. The van der Waals surface area contributed by atoms with Gasteiger partial charge in [-0.25, -0.2) is 9.59 Å². The van der Waals surface area contributed by atoms with E-state index < -0.39 is 29.0 Å². The van der Waals surface area contributed by atoms with Gasteiger partial charge < -0.3 is 24.8 Å². The number of fused-ring (bicyclic) bond motifs is 3. The fourth-order valence-electron chi connectivity index (χ4n) is 4.99. The molecule has 3 aliphatic rings. The molecule has 2 aliphatic carbocycles. The fourth-order valence-corrected chi connectivity index (χ4v) is 4.99. The number of carbonyl (C=O) groups excluding carboxylic acids is 2. The highest BCUT2D eigenvalue weighted by molar-refractivity contribution is 5.96.